The van der Waals surface area contributed by atoms with Crippen molar-refractivity contribution >= 4 is 34.2 Å². The first-order valence-electron chi connectivity index (χ1n) is 23.1. The van der Waals surface area contributed by atoms with E-state index < -0.39 is 24.1 Å². The van der Waals surface area contributed by atoms with Crippen LogP contribution in [0.4, 0.5) is 14.5 Å². The van der Waals surface area contributed by atoms with E-state index in [-0.39, 0.29) is 47.0 Å². The Bertz CT molecular complexity index is 2480. The molecule has 0 radical (unpaired) electrons. The van der Waals surface area contributed by atoms with E-state index >= 15 is 0 Å². The maximum absolute atomic E-state index is 14.1. The lowest BCUT2D eigenvalue weighted by atomic mass is 9.86. The van der Waals surface area contributed by atoms with Crippen molar-refractivity contribution in [3.05, 3.63) is 82.1 Å². The number of hydrogen-bond donors (Lipinski definition) is 1. The zero-order valence-corrected chi connectivity index (χ0v) is 37.0. The molecule has 1 N–H and O–H groups in total. The van der Waals surface area contributed by atoms with Crippen LogP contribution in [-0.2, 0) is 34.2 Å². The van der Waals surface area contributed by atoms with Gasteiger partial charge >= 0.3 is 5.69 Å². The van der Waals surface area contributed by atoms with Gasteiger partial charge in [-0.05, 0) is 126 Å². The summed E-state index contributed by atoms with van der Waals surface area (Å²) >= 11 is 0. The van der Waals surface area contributed by atoms with Gasteiger partial charge in [-0.15, -0.1) is 0 Å². The molecule has 3 aliphatic rings. The number of rotatable bonds is 21. The van der Waals surface area contributed by atoms with Gasteiger partial charge in [0.15, 0.2) is 17.2 Å². The van der Waals surface area contributed by atoms with Gasteiger partial charge in [-0.2, -0.15) is 5.10 Å². The minimum absolute atomic E-state index is 0.00510. The van der Waals surface area contributed by atoms with E-state index in [1.54, 1.807) is 33.1 Å². The van der Waals surface area contributed by atoms with Crippen molar-refractivity contribution in [2.75, 3.05) is 38.7 Å². The van der Waals surface area contributed by atoms with Gasteiger partial charge in [-0.3, -0.25) is 33.2 Å². The zero-order valence-electron chi connectivity index (χ0n) is 37.0. The second-order valence-electron chi connectivity index (χ2n) is 18.2. The summed E-state index contributed by atoms with van der Waals surface area (Å²) in [4.78, 5) is 62.0. The van der Waals surface area contributed by atoms with Gasteiger partial charge in [0.1, 0.15) is 12.0 Å². The molecule has 1 aromatic carbocycles. The number of nitrogens with zero attached hydrogens (tertiary/aromatic N) is 7. The number of Topliss-reactive ketones (excluding diaryl/α,β-unsaturated/α-hetero) is 2. The molecule has 3 aliphatic carbocycles. The monoisotopic (exact) mass is 882 g/mol. The van der Waals surface area contributed by atoms with Crippen LogP contribution in [0.2, 0.25) is 0 Å². The Kier molecular flexibility index (Phi) is 14.6. The molecule has 1 amide bonds. The number of halogens is 2. The molecule has 1 atom stereocenters. The zero-order chi connectivity index (χ0) is 44.7. The molecule has 3 fully saturated rings. The van der Waals surface area contributed by atoms with Gasteiger partial charge in [-0.25, -0.2) is 18.6 Å². The molecule has 64 heavy (non-hydrogen) atoms. The van der Waals surface area contributed by atoms with Crippen molar-refractivity contribution in [2.45, 2.75) is 121 Å². The fourth-order valence-corrected chi connectivity index (χ4v) is 9.54. The number of alkyl halides is 2. The molecule has 0 aliphatic heterocycles. The molecular weight excluding hydrogens is 823 g/mol. The molecule has 4 heterocycles. The molecule has 342 valence electrons. The van der Waals surface area contributed by atoms with Crippen LogP contribution in [0.25, 0.3) is 22.5 Å². The summed E-state index contributed by atoms with van der Waals surface area (Å²) < 4.78 is 44.7. The lowest BCUT2D eigenvalue weighted by molar-refractivity contribution is -0.132. The Morgan fingerprint density at radius 3 is 2.53 bits per heavy atom. The van der Waals surface area contributed by atoms with Crippen LogP contribution in [0.5, 0.6) is 0 Å². The Balaban J connectivity index is 0.720. The third-order valence-electron chi connectivity index (χ3n) is 13.3. The van der Waals surface area contributed by atoms with E-state index in [4.69, 9.17) is 9.15 Å². The van der Waals surface area contributed by atoms with Gasteiger partial charge in [0.25, 0.3) is 12.3 Å². The van der Waals surface area contributed by atoms with Crippen LogP contribution in [-0.4, -0.2) is 84.6 Å². The van der Waals surface area contributed by atoms with Crippen molar-refractivity contribution in [1.29, 1.82) is 0 Å². The first-order chi connectivity index (χ1) is 31.0. The molecule has 0 saturated heterocycles. The number of ether oxygens (including phenoxy) is 1. The molecule has 5 aromatic rings. The number of ketones is 2. The number of carbonyl (C=O) groups excluding carboxylic acids is 3. The highest BCUT2D eigenvalue weighted by atomic mass is 19.3. The maximum atomic E-state index is 14.1. The summed E-state index contributed by atoms with van der Waals surface area (Å²) in [7, 11) is 3.89. The van der Waals surface area contributed by atoms with E-state index in [1.165, 1.54) is 25.3 Å². The van der Waals surface area contributed by atoms with E-state index in [1.807, 2.05) is 24.3 Å². The Hall–Kier alpha value is -5.35. The number of anilines is 1. The number of aryl methyl sites for hydroxylation is 3. The number of nitrogens with one attached hydrogen (secondary N) is 1. The van der Waals surface area contributed by atoms with Gasteiger partial charge in [-0.1, -0.05) is 25.0 Å². The lowest BCUT2D eigenvalue weighted by Gasteiger charge is -2.31. The average Bonchev–Trinajstić information content (AvgIpc) is 3.69. The quantitative estimate of drug-likeness (QED) is 0.0560. The van der Waals surface area contributed by atoms with Crippen LogP contribution in [0, 0.1) is 11.8 Å². The number of aromatic nitrogens is 6. The summed E-state index contributed by atoms with van der Waals surface area (Å²) in [5.74, 6) is 0.677. The number of para-hydroxylation sites is 1. The number of benzene rings is 1. The van der Waals surface area contributed by atoms with Crippen molar-refractivity contribution in [1.82, 2.24) is 33.8 Å². The fourth-order valence-electron chi connectivity index (χ4n) is 9.54. The third-order valence-corrected chi connectivity index (χ3v) is 13.3. The predicted octanol–water partition coefficient (Wildman–Crippen LogP) is 8.47. The van der Waals surface area contributed by atoms with E-state index in [0.717, 1.165) is 112 Å². The minimum atomic E-state index is -2.85. The molecule has 4 aromatic heterocycles. The Morgan fingerprint density at radius 1 is 0.984 bits per heavy atom. The summed E-state index contributed by atoms with van der Waals surface area (Å²) in [6.45, 7) is 3.29. The minimum Gasteiger partial charge on any atom is -0.444 e. The third kappa shape index (κ3) is 10.9. The fraction of sp³-hybridized carbons (Fsp3) is 0.562. The summed E-state index contributed by atoms with van der Waals surface area (Å²) in [5.41, 5.74) is 3.61. The van der Waals surface area contributed by atoms with Gasteiger partial charge in [0, 0.05) is 56.9 Å². The van der Waals surface area contributed by atoms with Crippen LogP contribution in [0.15, 0.2) is 58.2 Å². The topological polar surface area (TPSA) is 159 Å². The number of fused-ring (bicyclic) bond motifs is 1. The Labute approximate surface area is 371 Å². The lowest BCUT2D eigenvalue weighted by Crippen LogP contribution is -2.34. The smallest absolute Gasteiger partial charge is 0.329 e. The largest absolute Gasteiger partial charge is 0.444 e. The second kappa shape index (κ2) is 20.7. The molecule has 1 unspecified atom stereocenters. The molecular formula is C48H60F2N8O6. The van der Waals surface area contributed by atoms with Crippen molar-refractivity contribution in [3.63, 3.8) is 0 Å². The number of oxazole rings is 1. The number of imidazole rings is 1. The predicted molar refractivity (Wildman–Crippen MR) is 237 cm³/mol. The molecule has 0 spiro atoms. The highest BCUT2D eigenvalue weighted by Crippen LogP contribution is 2.36. The van der Waals surface area contributed by atoms with Crippen LogP contribution in [0.1, 0.15) is 136 Å². The first-order valence-corrected chi connectivity index (χ1v) is 23.1. The van der Waals surface area contributed by atoms with Crippen LogP contribution >= 0.6 is 0 Å². The standard InChI is InChI=1S/C48H60F2N8O6/c1-55(23-4-6-25-63-24-5-3-8-33-9-7-10-41-44(33)56(2)48(62)58(41)40-20-19-37(59)27-42(40)60)28-32-14-17-36(18-15-32)57-29-38(43(54-57)45(49)50)52-46(61)39-30-64-47(53-39)34-21-22-51-35(26-34)16-13-31-11-12-31/h7,9-10,21-22,26,29-32,36,40,45H,3-6,8,11-20,23-25,27-28H2,1-2H3,(H,52,61). The number of hydrogen-bond acceptors (Lipinski definition) is 10. The van der Waals surface area contributed by atoms with Gasteiger partial charge in [0.2, 0.25) is 5.89 Å². The average molecular weight is 883 g/mol. The molecule has 16 heteroatoms. The van der Waals surface area contributed by atoms with Crippen LogP contribution < -0.4 is 11.0 Å². The summed E-state index contributed by atoms with van der Waals surface area (Å²) in [6, 6.07) is 8.93. The molecule has 0 bridgehead atoms. The molecule has 14 nitrogen and oxygen atoms in total. The highest BCUT2D eigenvalue weighted by Gasteiger charge is 2.32. The summed E-state index contributed by atoms with van der Waals surface area (Å²) in [5, 5.41) is 6.85. The van der Waals surface area contributed by atoms with E-state index in [0.29, 0.717) is 37.5 Å². The number of amides is 1. The van der Waals surface area contributed by atoms with Crippen molar-refractivity contribution in [3.8, 4) is 11.5 Å². The number of unbranched alkanes of at least 4 members (excludes halogenated alkanes) is 2. The number of carbonyl (C=O) groups is 3. The van der Waals surface area contributed by atoms with Crippen molar-refractivity contribution in [2.24, 2.45) is 18.9 Å². The van der Waals surface area contributed by atoms with E-state index in [2.05, 4.69) is 32.3 Å². The first kappa shape index (κ1) is 45.2. The SMILES string of the molecule is CN(CCCCOCCCCc1cccc2c1n(C)c(=O)n2C1CCC(=O)CC1=O)CC1CCC(n2cc(NC(=O)c3coc(-c4ccnc(CCC5CC5)c4)n3)c(C(F)F)n2)CC1. The normalized spacial score (nSPS) is 19.4. The summed E-state index contributed by atoms with van der Waals surface area (Å²) in [6.07, 6.45) is 14.9. The highest BCUT2D eigenvalue weighted by molar-refractivity contribution is 6.04. The number of pyridine rings is 1. The molecule has 3 saturated carbocycles. The van der Waals surface area contributed by atoms with Crippen LogP contribution in [0.3, 0.4) is 0 Å². The van der Waals surface area contributed by atoms with E-state index in [9.17, 15) is 28.0 Å². The Morgan fingerprint density at radius 2 is 1.77 bits per heavy atom. The maximum Gasteiger partial charge on any atom is 0.329 e. The second-order valence-corrected chi connectivity index (χ2v) is 18.2. The van der Waals surface area contributed by atoms with Gasteiger partial charge < -0.3 is 19.4 Å². The van der Waals surface area contributed by atoms with Crippen molar-refractivity contribution < 1.29 is 32.3 Å². The molecule has 8 rings (SSSR count). The van der Waals surface area contributed by atoms with Gasteiger partial charge in [0.05, 0.1) is 35.2 Å².